The highest BCUT2D eigenvalue weighted by atomic mass is 35.5. The third kappa shape index (κ3) is 2.47. The summed E-state index contributed by atoms with van der Waals surface area (Å²) in [5, 5.41) is 0.919. The van der Waals surface area contributed by atoms with E-state index < -0.39 is 0 Å². The second-order valence-corrected chi connectivity index (χ2v) is 6.63. The Balaban J connectivity index is 2.08. The molecule has 0 amide bonds. The number of aromatic nitrogens is 2. The Labute approximate surface area is 145 Å². The van der Waals surface area contributed by atoms with E-state index in [-0.39, 0.29) is 5.56 Å². The van der Waals surface area contributed by atoms with Gasteiger partial charge in [0.15, 0.2) is 0 Å². The Kier molecular flexibility index (Phi) is 3.77. The van der Waals surface area contributed by atoms with E-state index in [0.29, 0.717) is 21.9 Å². The van der Waals surface area contributed by atoms with Gasteiger partial charge in [-0.2, -0.15) is 0 Å². The summed E-state index contributed by atoms with van der Waals surface area (Å²) < 4.78 is 1.70. The predicted octanol–water partition coefficient (Wildman–Crippen LogP) is 3.95. The molecule has 1 fully saturated rings. The number of nitrogens with zero attached hydrogens (tertiary/aromatic N) is 3. The predicted molar refractivity (Wildman–Crippen MR) is 98.5 cm³/mol. The number of anilines is 1. The van der Waals surface area contributed by atoms with Crippen molar-refractivity contribution in [3.8, 4) is 5.69 Å². The van der Waals surface area contributed by atoms with Crippen molar-refractivity contribution in [3.05, 3.63) is 63.4 Å². The molecule has 2 aromatic carbocycles. The summed E-state index contributed by atoms with van der Waals surface area (Å²) in [5.41, 5.74) is 2.47. The quantitative estimate of drug-likeness (QED) is 0.709. The summed E-state index contributed by atoms with van der Waals surface area (Å²) >= 11 is 6.30. The number of fused-ring (bicyclic) bond motifs is 1. The number of hydrogen-bond donors (Lipinski definition) is 0. The Morgan fingerprint density at radius 1 is 1.08 bits per heavy atom. The second kappa shape index (κ2) is 5.95. The van der Waals surface area contributed by atoms with Gasteiger partial charge in [0, 0.05) is 13.1 Å². The van der Waals surface area contributed by atoms with Crippen molar-refractivity contribution < 1.29 is 0 Å². The Bertz CT molecular complexity index is 974. The lowest BCUT2D eigenvalue weighted by atomic mass is 10.2. The molecule has 4 rings (SSSR count). The van der Waals surface area contributed by atoms with Gasteiger partial charge in [-0.15, -0.1) is 0 Å². The molecule has 0 aliphatic carbocycles. The van der Waals surface area contributed by atoms with Gasteiger partial charge in [-0.25, -0.2) is 9.55 Å². The molecule has 1 aliphatic heterocycles. The first kappa shape index (κ1) is 15.2. The second-order valence-electron chi connectivity index (χ2n) is 6.22. The van der Waals surface area contributed by atoms with E-state index in [1.807, 2.05) is 43.3 Å². The van der Waals surface area contributed by atoms with Crippen LogP contribution in [0.2, 0.25) is 5.02 Å². The summed E-state index contributed by atoms with van der Waals surface area (Å²) in [6.07, 6.45) is 2.24. The van der Waals surface area contributed by atoms with Crippen LogP contribution >= 0.6 is 11.6 Å². The molecule has 5 heteroatoms. The average molecular weight is 340 g/mol. The summed E-state index contributed by atoms with van der Waals surface area (Å²) in [5.74, 6) is 0.706. The lowest BCUT2D eigenvalue weighted by Crippen LogP contribution is -2.30. The molecular weight excluding hydrogens is 322 g/mol. The van der Waals surface area contributed by atoms with Crippen LogP contribution in [-0.4, -0.2) is 22.6 Å². The van der Waals surface area contributed by atoms with E-state index in [0.717, 1.165) is 37.2 Å². The standard InChI is InChI=1S/C19H18ClN3O/c1-13-6-4-7-14(12-13)23-18(24)17-15(20)8-5-9-16(17)21-19(23)22-10-2-3-11-22/h4-9,12H,2-3,10-11H2,1H3. The summed E-state index contributed by atoms with van der Waals surface area (Å²) in [6.45, 7) is 3.86. The number of hydrogen-bond acceptors (Lipinski definition) is 3. The van der Waals surface area contributed by atoms with E-state index >= 15 is 0 Å². The van der Waals surface area contributed by atoms with Gasteiger partial charge >= 0.3 is 0 Å². The van der Waals surface area contributed by atoms with Crippen LogP contribution in [0.5, 0.6) is 0 Å². The topological polar surface area (TPSA) is 38.1 Å². The molecule has 0 unspecified atom stereocenters. The van der Waals surface area contributed by atoms with Gasteiger partial charge in [0.05, 0.1) is 21.6 Å². The first-order chi connectivity index (χ1) is 11.6. The van der Waals surface area contributed by atoms with Crippen LogP contribution < -0.4 is 10.5 Å². The fourth-order valence-corrected chi connectivity index (χ4v) is 3.56. The van der Waals surface area contributed by atoms with E-state index in [2.05, 4.69) is 4.90 Å². The molecule has 0 N–H and O–H groups in total. The highest BCUT2D eigenvalue weighted by Gasteiger charge is 2.21. The molecule has 0 saturated carbocycles. The molecule has 0 radical (unpaired) electrons. The number of aryl methyl sites for hydroxylation is 1. The van der Waals surface area contributed by atoms with Gasteiger partial charge in [-0.05, 0) is 49.6 Å². The first-order valence-corrected chi connectivity index (χ1v) is 8.56. The average Bonchev–Trinajstić information content (AvgIpc) is 3.09. The molecule has 122 valence electrons. The van der Waals surface area contributed by atoms with Gasteiger partial charge in [0.1, 0.15) is 0 Å². The van der Waals surface area contributed by atoms with Crippen LogP contribution in [0.15, 0.2) is 47.3 Å². The smallest absolute Gasteiger partial charge is 0.268 e. The normalized spacial score (nSPS) is 14.5. The fourth-order valence-electron chi connectivity index (χ4n) is 3.31. The molecule has 1 saturated heterocycles. The summed E-state index contributed by atoms with van der Waals surface area (Å²) in [6, 6.07) is 13.4. The minimum Gasteiger partial charge on any atom is -0.342 e. The van der Waals surface area contributed by atoms with Crippen LogP contribution in [-0.2, 0) is 0 Å². The van der Waals surface area contributed by atoms with Gasteiger partial charge in [-0.1, -0.05) is 29.8 Å². The lowest BCUT2D eigenvalue weighted by Gasteiger charge is -2.22. The largest absolute Gasteiger partial charge is 0.342 e. The molecular formula is C19H18ClN3O. The van der Waals surface area contributed by atoms with Crippen LogP contribution in [0, 0.1) is 6.92 Å². The number of benzene rings is 2. The van der Waals surface area contributed by atoms with Crippen molar-refractivity contribution in [2.24, 2.45) is 0 Å². The molecule has 24 heavy (non-hydrogen) atoms. The van der Waals surface area contributed by atoms with Crippen molar-refractivity contribution in [1.29, 1.82) is 0 Å². The van der Waals surface area contributed by atoms with Gasteiger partial charge < -0.3 is 4.90 Å². The van der Waals surface area contributed by atoms with E-state index in [4.69, 9.17) is 16.6 Å². The minimum atomic E-state index is -0.113. The van der Waals surface area contributed by atoms with Crippen molar-refractivity contribution in [2.45, 2.75) is 19.8 Å². The SMILES string of the molecule is Cc1cccc(-n2c(N3CCCC3)nc3cccc(Cl)c3c2=O)c1. The molecule has 1 aliphatic rings. The lowest BCUT2D eigenvalue weighted by molar-refractivity contribution is 0.840. The Hall–Kier alpha value is -2.33. The third-order valence-electron chi connectivity index (χ3n) is 4.48. The molecule has 4 nitrogen and oxygen atoms in total. The van der Waals surface area contributed by atoms with Crippen molar-refractivity contribution in [3.63, 3.8) is 0 Å². The Morgan fingerprint density at radius 3 is 2.58 bits per heavy atom. The highest BCUT2D eigenvalue weighted by Crippen LogP contribution is 2.26. The summed E-state index contributed by atoms with van der Waals surface area (Å²) in [7, 11) is 0. The van der Waals surface area contributed by atoms with Crippen molar-refractivity contribution in [2.75, 3.05) is 18.0 Å². The van der Waals surface area contributed by atoms with Crippen LogP contribution in [0.4, 0.5) is 5.95 Å². The molecule has 3 aromatic rings. The van der Waals surface area contributed by atoms with Crippen molar-refractivity contribution in [1.82, 2.24) is 9.55 Å². The maximum absolute atomic E-state index is 13.3. The zero-order valence-electron chi connectivity index (χ0n) is 13.5. The van der Waals surface area contributed by atoms with Gasteiger partial charge in [0.25, 0.3) is 5.56 Å². The zero-order chi connectivity index (χ0) is 16.7. The van der Waals surface area contributed by atoms with E-state index in [1.165, 1.54) is 0 Å². The molecule has 0 spiro atoms. The van der Waals surface area contributed by atoms with Crippen molar-refractivity contribution >= 4 is 28.5 Å². The Morgan fingerprint density at radius 2 is 1.83 bits per heavy atom. The summed E-state index contributed by atoms with van der Waals surface area (Å²) in [4.78, 5) is 20.2. The number of rotatable bonds is 2. The van der Waals surface area contributed by atoms with Crippen LogP contribution in [0.1, 0.15) is 18.4 Å². The first-order valence-electron chi connectivity index (χ1n) is 8.18. The highest BCUT2D eigenvalue weighted by molar-refractivity contribution is 6.35. The number of halogens is 1. The molecule has 0 bridgehead atoms. The van der Waals surface area contributed by atoms with Crippen LogP contribution in [0.25, 0.3) is 16.6 Å². The van der Waals surface area contributed by atoms with Crippen LogP contribution in [0.3, 0.4) is 0 Å². The monoisotopic (exact) mass is 339 g/mol. The van der Waals surface area contributed by atoms with E-state index in [9.17, 15) is 4.79 Å². The zero-order valence-corrected chi connectivity index (χ0v) is 14.3. The fraction of sp³-hybridized carbons (Fsp3) is 0.263. The minimum absolute atomic E-state index is 0.113. The third-order valence-corrected chi connectivity index (χ3v) is 4.79. The molecule has 1 aromatic heterocycles. The maximum Gasteiger partial charge on any atom is 0.268 e. The molecule has 2 heterocycles. The van der Waals surface area contributed by atoms with E-state index in [1.54, 1.807) is 10.6 Å². The maximum atomic E-state index is 13.3. The van der Waals surface area contributed by atoms with Gasteiger partial charge in [-0.3, -0.25) is 4.79 Å². The van der Waals surface area contributed by atoms with Gasteiger partial charge in [0.2, 0.25) is 5.95 Å². The molecule has 0 atom stereocenters.